The van der Waals surface area contributed by atoms with E-state index < -0.39 is 0 Å². The fourth-order valence-electron chi connectivity index (χ4n) is 13.5. The Bertz CT molecular complexity index is 1160. The van der Waals surface area contributed by atoms with Gasteiger partial charge < -0.3 is 4.74 Å². The minimum Gasteiger partial charge on any atom is -0.462 e. The van der Waals surface area contributed by atoms with E-state index in [1.165, 1.54) is 154 Å². The third kappa shape index (κ3) is 8.15. The van der Waals surface area contributed by atoms with Crippen molar-refractivity contribution in [1.82, 2.24) is 0 Å². The molecule has 0 amide bonds. The zero-order chi connectivity index (χ0) is 36.3. The summed E-state index contributed by atoms with van der Waals surface area (Å²) in [7, 11) is 0. The molecule has 2 nitrogen and oxygen atoms in total. The number of hydrogen-bond donors (Lipinski definition) is 0. The van der Waals surface area contributed by atoms with Crippen molar-refractivity contribution in [2.75, 3.05) is 0 Å². The molecule has 0 radical (unpaired) electrons. The predicted octanol–water partition coefficient (Wildman–Crippen LogP) is 15.1. The number of rotatable bonds is 17. The molecular formula is C48H84O2. The van der Waals surface area contributed by atoms with E-state index >= 15 is 0 Å². The van der Waals surface area contributed by atoms with Crippen molar-refractivity contribution in [3.8, 4) is 0 Å². The molecule has 0 unspecified atom stereocenters. The van der Waals surface area contributed by atoms with Crippen LogP contribution in [0.4, 0.5) is 0 Å². The Labute approximate surface area is 311 Å². The largest absolute Gasteiger partial charge is 0.462 e. The zero-order valence-corrected chi connectivity index (χ0v) is 35.1. The van der Waals surface area contributed by atoms with Crippen LogP contribution in [0.15, 0.2) is 11.1 Å². The number of carbonyl (C=O) groups is 1. The van der Waals surface area contributed by atoms with Crippen LogP contribution in [0.5, 0.6) is 0 Å². The molecule has 5 aliphatic carbocycles. The lowest BCUT2D eigenvalue weighted by atomic mass is 9.35. The standard InChI is InChI=1S/C48H84O2/c1-10-11-12-13-14-15-16-17-18-19-20-21-22-23-24-25-42(49)50-41-29-30-46(7)37-28-31-48(9)40-36-43(2,3)32-33-45(40,6)34-35-47(48,8)38(37)26-27-39(46)44(41,4)5/h39-41H,10-36H2,1-9H3/t39-,40+,41-,45+,46+,47+,48-/m0/s1. The number of carbonyl (C=O) groups excluding carboxylic acids is 1. The molecule has 288 valence electrons. The van der Waals surface area contributed by atoms with Crippen molar-refractivity contribution in [1.29, 1.82) is 0 Å². The maximum atomic E-state index is 13.2. The molecule has 3 fully saturated rings. The van der Waals surface area contributed by atoms with Gasteiger partial charge in [0, 0.05) is 11.8 Å². The average Bonchev–Trinajstić information content (AvgIpc) is 3.06. The molecule has 0 heterocycles. The van der Waals surface area contributed by atoms with Gasteiger partial charge in [-0.15, -0.1) is 0 Å². The monoisotopic (exact) mass is 693 g/mol. The number of hydrogen-bond acceptors (Lipinski definition) is 2. The van der Waals surface area contributed by atoms with Gasteiger partial charge in [-0.3, -0.25) is 4.79 Å². The lowest BCUT2D eigenvalue weighted by Crippen LogP contribution is -2.61. The molecule has 0 aromatic heterocycles. The first kappa shape index (κ1) is 40.4. The third-order valence-electron chi connectivity index (χ3n) is 17.2. The van der Waals surface area contributed by atoms with Crippen LogP contribution in [0, 0.1) is 44.3 Å². The van der Waals surface area contributed by atoms with E-state index in [1.807, 2.05) is 11.1 Å². The smallest absolute Gasteiger partial charge is 0.306 e. The second-order valence-corrected chi connectivity index (χ2v) is 21.3. The summed E-state index contributed by atoms with van der Waals surface area (Å²) in [6.07, 6.45) is 35.5. The average molecular weight is 693 g/mol. The summed E-state index contributed by atoms with van der Waals surface area (Å²) in [4.78, 5) is 13.2. The fourth-order valence-corrected chi connectivity index (χ4v) is 13.5. The molecule has 0 aliphatic heterocycles. The van der Waals surface area contributed by atoms with Crippen LogP contribution in [0.1, 0.15) is 236 Å². The Hall–Kier alpha value is -0.790. The van der Waals surface area contributed by atoms with Gasteiger partial charge in [0.1, 0.15) is 6.10 Å². The topological polar surface area (TPSA) is 26.3 Å². The normalized spacial score (nSPS) is 37.3. The molecule has 0 N–H and O–H groups in total. The molecule has 7 atom stereocenters. The summed E-state index contributed by atoms with van der Waals surface area (Å²) >= 11 is 0. The molecule has 0 aromatic carbocycles. The van der Waals surface area contributed by atoms with Gasteiger partial charge in [-0.2, -0.15) is 0 Å². The minimum atomic E-state index is 0.0242. The second kappa shape index (κ2) is 16.3. The van der Waals surface area contributed by atoms with Crippen molar-refractivity contribution in [3.05, 3.63) is 11.1 Å². The first-order valence-electron chi connectivity index (χ1n) is 22.6. The highest BCUT2D eigenvalue weighted by Gasteiger charge is 2.66. The van der Waals surface area contributed by atoms with E-state index in [-0.39, 0.29) is 22.9 Å². The third-order valence-corrected chi connectivity index (χ3v) is 17.2. The lowest BCUT2D eigenvalue weighted by molar-refractivity contribution is -0.173. The summed E-state index contributed by atoms with van der Waals surface area (Å²) in [5, 5.41) is 0. The molecule has 0 saturated heterocycles. The molecule has 50 heavy (non-hydrogen) atoms. The quantitative estimate of drug-likeness (QED) is 0.0861. The van der Waals surface area contributed by atoms with E-state index in [0.29, 0.717) is 34.0 Å². The SMILES string of the molecule is CCCCCCCCCCCCCCCCCC(=O)O[C@H]1CC[C@]2(C)C3=C(CC[C@H]2C1(C)C)[C@@]1(C)CC[C@@]2(C)CCC(C)(C)C[C@H]2[C@]1(C)CC3. The fraction of sp³-hybridized carbons (Fsp3) is 0.938. The van der Waals surface area contributed by atoms with Gasteiger partial charge in [0.05, 0.1) is 0 Å². The summed E-state index contributed by atoms with van der Waals surface area (Å²) in [5.41, 5.74) is 5.80. The molecule has 5 rings (SSSR count). The second-order valence-electron chi connectivity index (χ2n) is 21.3. The van der Waals surface area contributed by atoms with E-state index in [4.69, 9.17) is 4.74 Å². The molecular weight excluding hydrogens is 609 g/mol. The summed E-state index contributed by atoms with van der Waals surface area (Å²) in [6.45, 7) is 23.1. The predicted molar refractivity (Wildman–Crippen MR) is 214 cm³/mol. The van der Waals surface area contributed by atoms with Crippen molar-refractivity contribution < 1.29 is 9.53 Å². The molecule has 0 bridgehead atoms. The van der Waals surface area contributed by atoms with Crippen LogP contribution in [-0.2, 0) is 9.53 Å². The van der Waals surface area contributed by atoms with E-state index in [2.05, 4.69) is 62.3 Å². The highest BCUT2D eigenvalue weighted by Crippen LogP contribution is 2.75. The van der Waals surface area contributed by atoms with Crippen molar-refractivity contribution >= 4 is 5.97 Å². The van der Waals surface area contributed by atoms with Gasteiger partial charge in [0.15, 0.2) is 0 Å². The van der Waals surface area contributed by atoms with Crippen molar-refractivity contribution in [3.63, 3.8) is 0 Å². The summed E-state index contributed by atoms with van der Waals surface area (Å²) in [6, 6.07) is 0. The van der Waals surface area contributed by atoms with Crippen LogP contribution < -0.4 is 0 Å². The first-order chi connectivity index (χ1) is 23.6. The lowest BCUT2D eigenvalue weighted by Gasteiger charge is -2.69. The van der Waals surface area contributed by atoms with Crippen LogP contribution in [0.25, 0.3) is 0 Å². The van der Waals surface area contributed by atoms with Crippen LogP contribution in [-0.4, -0.2) is 12.1 Å². The highest BCUT2D eigenvalue weighted by atomic mass is 16.5. The molecule has 5 aliphatic rings. The van der Waals surface area contributed by atoms with Gasteiger partial charge in [-0.1, -0.05) is 163 Å². The van der Waals surface area contributed by atoms with Gasteiger partial charge >= 0.3 is 5.97 Å². The van der Waals surface area contributed by atoms with Gasteiger partial charge in [-0.25, -0.2) is 0 Å². The van der Waals surface area contributed by atoms with Gasteiger partial charge in [0.25, 0.3) is 0 Å². The molecule has 3 saturated carbocycles. The van der Waals surface area contributed by atoms with E-state index in [9.17, 15) is 4.79 Å². The maximum Gasteiger partial charge on any atom is 0.306 e. The van der Waals surface area contributed by atoms with Gasteiger partial charge in [0.2, 0.25) is 0 Å². The Kier molecular flexibility index (Phi) is 13.2. The zero-order valence-electron chi connectivity index (χ0n) is 35.1. The maximum absolute atomic E-state index is 13.2. The first-order valence-corrected chi connectivity index (χ1v) is 22.6. The number of esters is 1. The Morgan fingerprint density at radius 3 is 1.76 bits per heavy atom. The number of unbranched alkanes of at least 4 members (excludes halogenated alkanes) is 14. The van der Waals surface area contributed by atoms with Crippen molar-refractivity contribution in [2.24, 2.45) is 44.3 Å². The van der Waals surface area contributed by atoms with E-state index in [0.717, 1.165) is 18.8 Å². The van der Waals surface area contributed by atoms with Crippen LogP contribution >= 0.6 is 0 Å². The highest BCUT2D eigenvalue weighted by molar-refractivity contribution is 5.69. The summed E-state index contributed by atoms with van der Waals surface area (Å²) in [5.74, 6) is 1.51. The molecule has 0 aromatic rings. The van der Waals surface area contributed by atoms with Crippen LogP contribution in [0.3, 0.4) is 0 Å². The molecule has 0 spiro atoms. The summed E-state index contributed by atoms with van der Waals surface area (Å²) < 4.78 is 6.41. The molecule has 2 heteroatoms. The Morgan fingerprint density at radius 1 is 0.600 bits per heavy atom. The number of ether oxygens (including phenoxy) is 1. The van der Waals surface area contributed by atoms with Crippen molar-refractivity contribution in [2.45, 2.75) is 242 Å². The van der Waals surface area contributed by atoms with Gasteiger partial charge in [-0.05, 0) is 116 Å². The van der Waals surface area contributed by atoms with Crippen LogP contribution in [0.2, 0.25) is 0 Å². The van der Waals surface area contributed by atoms with E-state index in [1.54, 1.807) is 0 Å². The Morgan fingerprint density at radius 2 is 1.16 bits per heavy atom. The number of allylic oxidation sites excluding steroid dienone is 2. The number of fused-ring (bicyclic) bond motifs is 6. The minimum absolute atomic E-state index is 0.0242. The Balaban J connectivity index is 1.08.